The number of aromatic nitrogens is 2. The van der Waals surface area contributed by atoms with Crippen LogP contribution in [0.3, 0.4) is 0 Å². The van der Waals surface area contributed by atoms with Crippen molar-refractivity contribution in [2.75, 3.05) is 12.0 Å². The lowest BCUT2D eigenvalue weighted by atomic mass is 10.2. The maximum absolute atomic E-state index is 11.2. The van der Waals surface area contributed by atoms with Crippen molar-refractivity contribution in [3.63, 3.8) is 0 Å². The SMILES string of the molecule is Cc1cccc2[nH]c(=S)n(CCS(C)(=O)=O)c12. The molecule has 0 atom stereocenters. The van der Waals surface area contributed by atoms with Crippen LogP contribution in [0.25, 0.3) is 11.0 Å². The summed E-state index contributed by atoms with van der Waals surface area (Å²) in [5.41, 5.74) is 3.02. The molecular formula is C11H14N2O2S2. The van der Waals surface area contributed by atoms with Gasteiger partial charge in [0.1, 0.15) is 9.84 Å². The van der Waals surface area contributed by atoms with E-state index < -0.39 is 9.84 Å². The van der Waals surface area contributed by atoms with Crippen molar-refractivity contribution < 1.29 is 8.42 Å². The summed E-state index contributed by atoms with van der Waals surface area (Å²) in [5.74, 6) is 0.0998. The number of imidazole rings is 1. The van der Waals surface area contributed by atoms with E-state index in [1.54, 1.807) is 0 Å². The van der Waals surface area contributed by atoms with Crippen LogP contribution in [-0.2, 0) is 16.4 Å². The molecule has 2 aromatic rings. The number of nitrogens with one attached hydrogen (secondary N) is 1. The number of benzene rings is 1. The van der Waals surface area contributed by atoms with Gasteiger partial charge in [0.05, 0.1) is 16.8 Å². The molecule has 0 spiro atoms. The molecule has 92 valence electrons. The Hall–Kier alpha value is -1.14. The monoisotopic (exact) mass is 270 g/mol. The molecule has 17 heavy (non-hydrogen) atoms. The van der Waals surface area contributed by atoms with Gasteiger partial charge in [0.2, 0.25) is 0 Å². The number of hydrogen-bond donors (Lipinski definition) is 1. The molecule has 0 saturated carbocycles. The lowest BCUT2D eigenvalue weighted by Crippen LogP contribution is -2.11. The molecular weight excluding hydrogens is 256 g/mol. The van der Waals surface area contributed by atoms with E-state index in [1.807, 2.05) is 29.7 Å². The molecule has 6 heteroatoms. The molecule has 1 aromatic heterocycles. The number of H-pyrrole nitrogens is 1. The zero-order valence-corrected chi connectivity index (χ0v) is 11.4. The number of fused-ring (bicyclic) bond motifs is 1. The maximum atomic E-state index is 11.2. The fourth-order valence-electron chi connectivity index (χ4n) is 1.87. The average molecular weight is 270 g/mol. The molecule has 0 bridgehead atoms. The second-order valence-electron chi connectivity index (χ2n) is 4.18. The molecule has 0 radical (unpaired) electrons. The Morgan fingerprint density at radius 2 is 2.12 bits per heavy atom. The minimum atomic E-state index is -2.98. The third-order valence-electron chi connectivity index (χ3n) is 2.68. The van der Waals surface area contributed by atoms with Gasteiger partial charge in [-0.05, 0) is 30.8 Å². The van der Waals surface area contributed by atoms with E-state index >= 15 is 0 Å². The smallest absolute Gasteiger partial charge is 0.178 e. The number of sulfone groups is 1. The number of rotatable bonds is 3. The van der Waals surface area contributed by atoms with Crippen LogP contribution in [0, 0.1) is 11.7 Å². The Morgan fingerprint density at radius 1 is 1.41 bits per heavy atom. The minimum absolute atomic E-state index is 0.0998. The lowest BCUT2D eigenvalue weighted by molar-refractivity contribution is 0.595. The highest BCUT2D eigenvalue weighted by Crippen LogP contribution is 2.18. The number of aryl methyl sites for hydroxylation is 2. The highest BCUT2D eigenvalue weighted by Gasteiger charge is 2.09. The van der Waals surface area contributed by atoms with Crippen molar-refractivity contribution in [3.8, 4) is 0 Å². The Labute approximate surface area is 105 Å². The number of nitrogens with zero attached hydrogens (tertiary/aromatic N) is 1. The van der Waals surface area contributed by atoms with Crippen molar-refractivity contribution in [1.29, 1.82) is 0 Å². The minimum Gasteiger partial charge on any atom is -0.331 e. The Kier molecular flexibility index (Phi) is 3.09. The van der Waals surface area contributed by atoms with E-state index in [0.29, 0.717) is 11.3 Å². The van der Waals surface area contributed by atoms with Gasteiger partial charge in [-0.15, -0.1) is 0 Å². The Balaban J connectivity index is 2.53. The van der Waals surface area contributed by atoms with E-state index in [2.05, 4.69) is 4.98 Å². The third kappa shape index (κ3) is 2.58. The van der Waals surface area contributed by atoms with Crippen LogP contribution in [0.4, 0.5) is 0 Å². The summed E-state index contributed by atoms with van der Waals surface area (Å²) < 4.78 is 24.8. The van der Waals surface area contributed by atoms with Gasteiger partial charge < -0.3 is 9.55 Å². The van der Waals surface area contributed by atoms with Crippen molar-refractivity contribution in [2.24, 2.45) is 0 Å². The van der Waals surface area contributed by atoms with Gasteiger partial charge in [0, 0.05) is 12.8 Å². The third-order valence-corrected chi connectivity index (χ3v) is 3.93. The van der Waals surface area contributed by atoms with E-state index in [-0.39, 0.29) is 5.75 Å². The topological polar surface area (TPSA) is 54.9 Å². The van der Waals surface area contributed by atoms with Crippen LogP contribution in [-0.4, -0.2) is 30.0 Å². The number of para-hydroxylation sites is 1. The zero-order chi connectivity index (χ0) is 12.6. The van der Waals surface area contributed by atoms with Gasteiger partial charge in [0.15, 0.2) is 4.77 Å². The average Bonchev–Trinajstić information content (AvgIpc) is 2.51. The summed E-state index contributed by atoms with van der Waals surface area (Å²) in [5, 5.41) is 0. The molecule has 1 aromatic carbocycles. The van der Waals surface area contributed by atoms with Crippen molar-refractivity contribution >= 4 is 33.1 Å². The predicted octanol–water partition coefficient (Wildman–Crippen LogP) is 2.05. The predicted molar refractivity (Wildman–Crippen MR) is 71.6 cm³/mol. The van der Waals surface area contributed by atoms with Gasteiger partial charge in [-0.1, -0.05) is 12.1 Å². The molecule has 4 nitrogen and oxygen atoms in total. The normalized spacial score (nSPS) is 12.1. The summed E-state index contributed by atoms with van der Waals surface area (Å²) in [6.45, 7) is 2.38. The first-order valence-corrected chi connectivity index (χ1v) is 7.71. The van der Waals surface area contributed by atoms with Crippen LogP contribution in [0.2, 0.25) is 0 Å². The van der Waals surface area contributed by atoms with Gasteiger partial charge in [0.25, 0.3) is 0 Å². The van der Waals surface area contributed by atoms with Crippen LogP contribution in [0.15, 0.2) is 18.2 Å². The van der Waals surface area contributed by atoms with Gasteiger partial charge >= 0.3 is 0 Å². The van der Waals surface area contributed by atoms with Gasteiger partial charge in [-0.2, -0.15) is 0 Å². The van der Waals surface area contributed by atoms with E-state index in [4.69, 9.17) is 12.2 Å². The van der Waals surface area contributed by atoms with E-state index in [9.17, 15) is 8.42 Å². The van der Waals surface area contributed by atoms with Crippen LogP contribution < -0.4 is 0 Å². The number of aromatic amines is 1. The van der Waals surface area contributed by atoms with Crippen LogP contribution in [0.5, 0.6) is 0 Å². The molecule has 1 N–H and O–H groups in total. The highest BCUT2D eigenvalue weighted by atomic mass is 32.2. The molecule has 0 fully saturated rings. The first-order valence-electron chi connectivity index (χ1n) is 5.24. The molecule has 1 heterocycles. The van der Waals surface area contributed by atoms with Gasteiger partial charge in [-0.25, -0.2) is 8.42 Å². The molecule has 2 rings (SSSR count). The summed E-state index contributed by atoms with van der Waals surface area (Å²) in [4.78, 5) is 3.09. The largest absolute Gasteiger partial charge is 0.331 e. The molecule has 0 unspecified atom stereocenters. The second kappa shape index (κ2) is 4.27. The van der Waals surface area contributed by atoms with Gasteiger partial charge in [-0.3, -0.25) is 0 Å². The standard InChI is InChI=1S/C11H14N2O2S2/c1-8-4-3-5-9-10(8)13(11(16)12-9)6-7-17(2,14)15/h3-5H,6-7H2,1-2H3,(H,12,16). The highest BCUT2D eigenvalue weighted by molar-refractivity contribution is 7.90. The second-order valence-corrected chi connectivity index (χ2v) is 6.83. The molecule has 0 aliphatic carbocycles. The quantitative estimate of drug-likeness (QED) is 0.869. The summed E-state index contributed by atoms with van der Waals surface area (Å²) in [6.07, 6.45) is 1.23. The first kappa shape index (κ1) is 12.3. The molecule has 0 aliphatic rings. The van der Waals surface area contributed by atoms with Crippen LogP contribution >= 0.6 is 12.2 Å². The van der Waals surface area contributed by atoms with Crippen LogP contribution in [0.1, 0.15) is 5.56 Å². The Morgan fingerprint density at radius 3 is 2.76 bits per heavy atom. The van der Waals surface area contributed by atoms with E-state index in [0.717, 1.165) is 16.6 Å². The first-order chi connectivity index (χ1) is 7.88. The van der Waals surface area contributed by atoms with Crippen molar-refractivity contribution in [3.05, 3.63) is 28.5 Å². The van der Waals surface area contributed by atoms with E-state index in [1.165, 1.54) is 6.26 Å². The summed E-state index contributed by atoms with van der Waals surface area (Å²) >= 11 is 5.21. The molecule has 0 amide bonds. The number of hydrogen-bond acceptors (Lipinski definition) is 3. The summed E-state index contributed by atoms with van der Waals surface area (Å²) in [6, 6.07) is 5.88. The molecule has 0 saturated heterocycles. The lowest BCUT2D eigenvalue weighted by Gasteiger charge is -2.05. The summed E-state index contributed by atoms with van der Waals surface area (Å²) in [7, 11) is -2.98. The van der Waals surface area contributed by atoms with Crippen molar-refractivity contribution in [1.82, 2.24) is 9.55 Å². The zero-order valence-electron chi connectivity index (χ0n) is 9.73. The fraction of sp³-hybridized carbons (Fsp3) is 0.364. The fourth-order valence-corrected chi connectivity index (χ4v) is 2.68. The maximum Gasteiger partial charge on any atom is 0.178 e. The Bertz CT molecular complexity index is 711. The van der Waals surface area contributed by atoms with Crippen molar-refractivity contribution in [2.45, 2.75) is 13.5 Å². The molecule has 0 aliphatic heterocycles.